The van der Waals surface area contributed by atoms with Crippen LogP contribution in [0.5, 0.6) is 0 Å². The van der Waals surface area contributed by atoms with Crippen LogP contribution in [0.2, 0.25) is 0 Å². The van der Waals surface area contributed by atoms with Crippen molar-refractivity contribution in [1.29, 1.82) is 0 Å². The quantitative estimate of drug-likeness (QED) is 0.278. The number of nitrogens with zero attached hydrogens (tertiary/aromatic N) is 5. The molecular formula is C27H22FN7OS. The Hall–Kier alpha value is -4.28. The number of benzene rings is 1. The lowest BCUT2D eigenvalue weighted by atomic mass is 10.0. The van der Waals surface area contributed by atoms with Gasteiger partial charge < -0.3 is 9.88 Å². The highest BCUT2D eigenvalue weighted by Crippen LogP contribution is 2.35. The molecule has 37 heavy (non-hydrogen) atoms. The summed E-state index contributed by atoms with van der Waals surface area (Å²) in [6, 6.07) is 10.9. The Morgan fingerprint density at radius 2 is 1.95 bits per heavy atom. The molecule has 184 valence electrons. The van der Waals surface area contributed by atoms with E-state index in [-0.39, 0.29) is 11.3 Å². The smallest absolute Gasteiger partial charge is 0.169 e. The SMILES string of the molecule is CC(=O)c1ccc(-c2nccc3[nH]c(-c4[nH]nc5c(F)cc(-c6cncc(CN(C)C)c6)cc45)nc23)s1. The number of aromatic nitrogens is 6. The predicted molar refractivity (Wildman–Crippen MR) is 143 cm³/mol. The standard InChI is InChI=1S/C27H22FN7OS/c1-14(36)21-4-5-22(37-21)26-25-20(6-7-30-26)31-27(32-25)24-18-9-16(10-19(28)23(18)33-34-24)17-8-15(11-29-12-17)13-35(2)3/h4-12H,13H2,1-3H3,(H,31,32)(H,33,34). The van der Waals surface area contributed by atoms with E-state index in [1.807, 2.05) is 44.6 Å². The van der Waals surface area contributed by atoms with Crippen LogP contribution in [-0.4, -0.2) is 54.9 Å². The summed E-state index contributed by atoms with van der Waals surface area (Å²) in [6.07, 6.45) is 5.24. The molecular weight excluding hydrogens is 489 g/mol. The fraction of sp³-hybridized carbons (Fsp3) is 0.148. The van der Waals surface area contributed by atoms with Crippen molar-refractivity contribution in [3.8, 4) is 33.2 Å². The summed E-state index contributed by atoms with van der Waals surface area (Å²) in [5.74, 6) is 0.100. The number of pyridine rings is 2. The number of nitrogens with one attached hydrogen (secondary N) is 2. The zero-order valence-corrected chi connectivity index (χ0v) is 21.2. The first-order valence-corrected chi connectivity index (χ1v) is 12.4. The molecule has 0 saturated heterocycles. The highest BCUT2D eigenvalue weighted by atomic mass is 32.1. The molecule has 8 nitrogen and oxygen atoms in total. The molecule has 5 heterocycles. The molecule has 0 radical (unpaired) electrons. The summed E-state index contributed by atoms with van der Waals surface area (Å²) in [5.41, 5.74) is 5.49. The molecule has 6 rings (SSSR count). The Kier molecular flexibility index (Phi) is 5.62. The van der Waals surface area contributed by atoms with Crippen LogP contribution in [0, 0.1) is 5.82 Å². The number of halogens is 1. The van der Waals surface area contributed by atoms with Crippen molar-refractivity contribution in [2.45, 2.75) is 13.5 Å². The van der Waals surface area contributed by atoms with E-state index in [2.05, 4.69) is 30.0 Å². The Bertz CT molecular complexity index is 1800. The minimum atomic E-state index is -0.429. The molecule has 0 saturated carbocycles. The summed E-state index contributed by atoms with van der Waals surface area (Å²) >= 11 is 1.38. The van der Waals surface area contributed by atoms with Crippen LogP contribution >= 0.6 is 11.3 Å². The number of hydrogen-bond acceptors (Lipinski definition) is 7. The van der Waals surface area contributed by atoms with Gasteiger partial charge in [-0.25, -0.2) is 9.37 Å². The lowest BCUT2D eigenvalue weighted by molar-refractivity contribution is 0.102. The fourth-order valence-corrected chi connectivity index (χ4v) is 5.31. The van der Waals surface area contributed by atoms with E-state index in [0.29, 0.717) is 38.6 Å². The molecule has 0 aliphatic heterocycles. The van der Waals surface area contributed by atoms with Gasteiger partial charge in [-0.05, 0) is 68.5 Å². The van der Waals surface area contributed by atoms with Crippen LogP contribution < -0.4 is 0 Å². The number of carbonyl (C=O) groups excluding carboxylic acids is 1. The normalized spacial score (nSPS) is 11.7. The first kappa shape index (κ1) is 23.1. The summed E-state index contributed by atoms with van der Waals surface area (Å²) in [5, 5.41) is 7.79. The average Bonchev–Trinajstić information content (AvgIpc) is 3.61. The van der Waals surface area contributed by atoms with Gasteiger partial charge in [0.15, 0.2) is 17.4 Å². The van der Waals surface area contributed by atoms with E-state index >= 15 is 4.39 Å². The molecule has 0 atom stereocenters. The molecule has 2 N–H and O–H groups in total. The largest absolute Gasteiger partial charge is 0.337 e. The van der Waals surface area contributed by atoms with Crippen LogP contribution in [0.3, 0.4) is 0 Å². The van der Waals surface area contributed by atoms with Gasteiger partial charge in [0.05, 0.1) is 15.3 Å². The lowest BCUT2D eigenvalue weighted by Crippen LogP contribution is -2.10. The molecule has 0 aliphatic rings. The molecule has 0 fully saturated rings. The predicted octanol–water partition coefficient (Wildman–Crippen LogP) is 5.70. The number of aromatic amines is 2. The number of fused-ring (bicyclic) bond motifs is 2. The Balaban J connectivity index is 1.46. The van der Waals surface area contributed by atoms with Gasteiger partial charge in [-0.15, -0.1) is 11.3 Å². The van der Waals surface area contributed by atoms with Crippen molar-refractivity contribution < 1.29 is 9.18 Å². The number of H-pyrrole nitrogens is 2. The number of hydrogen-bond donors (Lipinski definition) is 2. The molecule has 10 heteroatoms. The molecule has 0 bridgehead atoms. The van der Waals surface area contributed by atoms with E-state index in [9.17, 15) is 4.79 Å². The van der Waals surface area contributed by atoms with Crippen molar-refractivity contribution in [1.82, 2.24) is 35.0 Å². The molecule has 1 aromatic carbocycles. The monoisotopic (exact) mass is 511 g/mol. The zero-order valence-electron chi connectivity index (χ0n) is 20.3. The average molecular weight is 512 g/mol. The van der Waals surface area contributed by atoms with E-state index in [1.165, 1.54) is 17.4 Å². The van der Waals surface area contributed by atoms with Gasteiger partial charge in [-0.1, -0.05) is 0 Å². The van der Waals surface area contributed by atoms with E-state index in [1.54, 1.807) is 25.4 Å². The molecule has 6 aromatic rings. The highest BCUT2D eigenvalue weighted by molar-refractivity contribution is 7.17. The topological polar surface area (TPSA) is 103 Å². The molecule has 0 unspecified atom stereocenters. The van der Waals surface area contributed by atoms with Gasteiger partial charge in [0.2, 0.25) is 0 Å². The molecule has 0 spiro atoms. The van der Waals surface area contributed by atoms with Crippen LogP contribution in [0.4, 0.5) is 4.39 Å². The summed E-state index contributed by atoms with van der Waals surface area (Å²) < 4.78 is 15.2. The van der Waals surface area contributed by atoms with Gasteiger partial charge in [0.1, 0.15) is 22.4 Å². The Labute approximate surface area is 215 Å². The van der Waals surface area contributed by atoms with Crippen LogP contribution in [0.15, 0.2) is 55.0 Å². The summed E-state index contributed by atoms with van der Waals surface area (Å²) in [4.78, 5) is 32.3. The fourth-order valence-electron chi connectivity index (χ4n) is 4.41. The second kappa shape index (κ2) is 8.99. The van der Waals surface area contributed by atoms with Gasteiger partial charge in [-0.2, -0.15) is 5.10 Å². The first-order chi connectivity index (χ1) is 17.9. The van der Waals surface area contributed by atoms with Crippen LogP contribution in [0.25, 0.3) is 55.2 Å². The van der Waals surface area contributed by atoms with Crippen molar-refractivity contribution in [2.75, 3.05) is 14.1 Å². The van der Waals surface area contributed by atoms with Gasteiger partial charge in [0, 0.05) is 36.1 Å². The Morgan fingerprint density at radius 1 is 1.08 bits per heavy atom. The maximum absolute atomic E-state index is 15.2. The molecule has 5 aromatic heterocycles. The van der Waals surface area contributed by atoms with E-state index in [4.69, 9.17) is 4.98 Å². The number of Topliss-reactive ketones (excluding diaryl/α,β-unsaturated/α-hetero) is 1. The number of thiophene rings is 1. The number of ketones is 1. The van der Waals surface area contributed by atoms with Gasteiger partial charge >= 0.3 is 0 Å². The second-order valence-corrected chi connectivity index (χ2v) is 10.2. The third-order valence-electron chi connectivity index (χ3n) is 6.06. The number of rotatable bonds is 6. The second-order valence-electron chi connectivity index (χ2n) is 9.13. The zero-order chi connectivity index (χ0) is 25.7. The highest BCUT2D eigenvalue weighted by Gasteiger charge is 2.19. The Morgan fingerprint density at radius 3 is 2.73 bits per heavy atom. The van der Waals surface area contributed by atoms with Gasteiger partial charge in [0.25, 0.3) is 0 Å². The van der Waals surface area contributed by atoms with Gasteiger partial charge in [-0.3, -0.25) is 19.9 Å². The maximum Gasteiger partial charge on any atom is 0.169 e. The third-order valence-corrected chi connectivity index (χ3v) is 7.26. The van der Waals surface area contributed by atoms with Crippen molar-refractivity contribution in [3.63, 3.8) is 0 Å². The maximum atomic E-state index is 15.2. The molecule has 0 aliphatic carbocycles. The van der Waals surface area contributed by atoms with Crippen molar-refractivity contribution >= 4 is 39.1 Å². The van der Waals surface area contributed by atoms with Crippen LogP contribution in [0.1, 0.15) is 22.2 Å². The minimum absolute atomic E-state index is 0.00959. The minimum Gasteiger partial charge on any atom is -0.337 e. The molecule has 0 amide bonds. The summed E-state index contributed by atoms with van der Waals surface area (Å²) in [7, 11) is 3.98. The lowest BCUT2D eigenvalue weighted by Gasteiger charge is -2.10. The van der Waals surface area contributed by atoms with E-state index in [0.717, 1.165) is 28.1 Å². The van der Waals surface area contributed by atoms with Crippen molar-refractivity contribution in [3.05, 3.63) is 71.2 Å². The first-order valence-electron chi connectivity index (χ1n) is 11.6. The van der Waals surface area contributed by atoms with Crippen molar-refractivity contribution in [2.24, 2.45) is 0 Å². The number of carbonyl (C=O) groups is 1. The summed E-state index contributed by atoms with van der Waals surface area (Å²) in [6.45, 7) is 2.28. The number of imidazole rings is 1. The van der Waals surface area contributed by atoms with E-state index < -0.39 is 5.82 Å². The van der Waals surface area contributed by atoms with Crippen LogP contribution in [-0.2, 0) is 6.54 Å². The third kappa shape index (κ3) is 4.20.